The molecule has 1 rings (SSSR count). The topological polar surface area (TPSA) is 69.8 Å². The zero-order valence-electron chi connectivity index (χ0n) is 10.5. The van der Waals surface area contributed by atoms with E-state index in [2.05, 4.69) is 34.7 Å². The van der Waals surface area contributed by atoms with Gasteiger partial charge in [-0.2, -0.15) is 5.10 Å². The van der Waals surface area contributed by atoms with Crippen molar-refractivity contribution in [3.05, 3.63) is 11.8 Å². The minimum absolute atomic E-state index is 0. The molecule has 3 N–H and O–H groups in total. The Kier molecular flexibility index (Phi) is 7.58. The molecular formula is C11H21ClN4O. The van der Waals surface area contributed by atoms with Gasteiger partial charge in [0.2, 0.25) is 5.91 Å². The average Bonchev–Trinajstić information content (AvgIpc) is 2.67. The third kappa shape index (κ3) is 5.19. The second kappa shape index (κ2) is 8.08. The van der Waals surface area contributed by atoms with Crippen LogP contribution in [0.3, 0.4) is 0 Å². The molecule has 0 aromatic carbocycles. The second-order valence-electron chi connectivity index (χ2n) is 3.98. The maximum atomic E-state index is 11.3. The molecule has 1 aromatic rings. The lowest BCUT2D eigenvalue weighted by Crippen LogP contribution is -2.25. The van der Waals surface area contributed by atoms with Crippen molar-refractivity contribution in [2.75, 3.05) is 18.9 Å². The summed E-state index contributed by atoms with van der Waals surface area (Å²) >= 11 is 0. The Balaban J connectivity index is 0.00000256. The number of rotatable bonds is 6. The van der Waals surface area contributed by atoms with Crippen LogP contribution in [0.1, 0.15) is 38.3 Å². The van der Waals surface area contributed by atoms with E-state index in [1.807, 2.05) is 6.07 Å². The van der Waals surface area contributed by atoms with E-state index in [9.17, 15) is 4.79 Å². The van der Waals surface area contributed by atoms with Crippen molar-refractivity contribution in [1.82, 2.24) is 15.5 Å². The molecule has 17 heavy (non-hydrogen) atoms. The number of aromatic nitrogens is 2. The largest absolute Gasteiger partial charge is 0.311 e. The Morgan fingerprint density at radius 3 is 2.88 bits per heavy atom. The van der Waals surface area contributed by atoms with E-state index in [1.165, 1.54) is 0 Å². The first kappa shape index (κ1) is 15.9. The van der Waals surface area contributed by atoms with Crippen LogP contribution in [0.15, 0.2) is 6.07 Å². The van der Waals surface area contributed by atoms with Gasteiger partial charge in [-0.15, -0.1) is 12.4 Å². The van der Waals surface area contributed by atoms with E-state index in [-0.39, 0.29) is 18.3 Å². The van der Waals surface area contributed by atoms with Crippen LogP contribution in [0.5, 0.6) is 0 Å². The van der Waals surface area contributed by atoms with Gasteiger partial charge >= 0.3 is 0 Å². The minimum atomic E-state index is -0.0799. The summed E-state index contributed by atoms with van der Waals surface area (Å²) in [5.74, 6) is 0.967. The lowest BCUT2D eigenvalue weighted by Gasteiger charge is -2.05. The number of carbonyl (C=O) groups is 1. The van der Waals surface area contributed by atoms with Crippen LogP contribution >= 0.6 is 12.4 Å². The van der Waals surface area contributed by atoms with E-state index in [1.54, 1.807) is 7.05 Å². The smallest absolute Gasteiger partial charge is 0.239 e. The summed E-state index contributed by atoms with van der Waals surface area (Å²) in [4.78, 5) is 11.3. The fourth-order valence-corrected chi connectivity index (χ4v) is 1.59. The third-order valence-electron chi connectivity index (χ3n) is 2.46. The number of H-pyrrole nitrogens is 1. The van der Waals surface area contributed by atoms with Crippen molar-refractivity contribution in [3.8, 4) is 0 Å². The number of amides is 1. The first-order valence-corrected chi connectivity index (χ1v) is 5.67. The highest BCUT2D eigenvalue weighted by Crippen LogP contribution is 2.20. The summed E-state index contributed by atoms with van der Waals surface area (Å²) in [6.07, 6.45) is 2.26. The first-order valence-electron chi connectivity index (χ1n) is 5.67. The second-order valence-corrected chi connectivity index (χ2v) is 3.98. The van der Waals surface area contributed by atoms with Gasteiger partial charge in [-0.3, -0.25) is 9.89 Å². The van der Waals surface area contributed by atoms with Gasteiger partial charge in [0, 0.05) is 11.8 Å². The van der Waals surface area contributed by atoms with Crippen molar-refractivity contribution < 1.29 is 4.79 Å². The molecule has 0 saturated heterocycles. The van der Waals surface area contributed by atoms with E-state index in [0.29, 0.717) is 18.3 Å². The van der Waals surface area contributed by atoms with E-state index < -0.39 is 0 Å². The summed E-state index contributed by atoms with van der Waals surface area (Å²) in [6.45, 7) is 4.60. The molecule has 0 aliphatic carbocycles. The van der Waals surface area contributed by atoms with Gasteiger partial charge in [-0.25, -0.2) is 0 Å². The number of carbonyl (C=O) groups excluding carboxylic acids is 1. The molecular weight excluding hydrogens is 240 g/mol. The summed E-state index contributed by atoms with van der Waals surface area (Å²) in [6, 6.07) is 1.90. The van der Waals surface area contributed by atoms with Gasteiger partial charge in [-0.05, 0) is 19.4 Å². The Morgan fingerprint density at radius 1 is 1.59 bits per heavy atom. The van der Waals surface area contributed by atoms with Crippen molar-refractivity contribution in [3.63, 3.8) is 0 Å². The number of halogens is 1. The number of hydrogen-bond donors (Lipinski definition) is 3. The van der Waals surface area contributed by atoms with Crippen molar-refractivity contribution in [2.24, 2.45) is 0 Å². The fraction of sp³-hybridized carbons (Fsp3) is 0.636. The van der Waals surface area contributed by atoms with Crippen LogP contribution in [-0.2, 0) is 4.79 Å². The van der Waals surface area contributed by atoms with E-state index >= 15 is 0 Å². The molecule has 0 saturated carbocycles. The van der Waals surface area contributed by atoms with Gasteiger partial charge in [0.15, 0.2) is 5.82 Å². The average molecular weight is 261 g/mol. The summed E-state index contributed by atoms with van der Waals surface area (Å²) in [7, 11) is 1.73. The monoisotopic (exact) mass is 260 g/mol. The molecule has 1 aromatic heterocycles. The SMILES string of the molecule is CCCC(C)c1cc(NC(=O)CNC)n[nH]1.Cl. The number of likely N-dealkylation sites (N-methyl/N-ethyl adjacent to an activating group) is 1. The number of nitrogens with zero attached hydrogens (tertiary/aromatic N) is 1. The summed E-state index contributed by atoms with van der Waals surface area (Å²) in [5.41, 5.74) is 1.07. The maximum Gasteiger partial charge on any atom is 0.239 e. The number of hydrogen-bond acceptors (Lipinski definition) is 3. The molecule has 0 radical (unpaired) electrons. The van der Waals surface area contributed by atoms with Crippen molar-refractivity contribution in [2.45, 2.75) is 32.6 Å². The molecule has 0 aliphatic heterocycles. The summed E-state index contributed by atoms with van der Waals surface area (Å²) in [5, 5.41) is 12.5. The lowest BCUT2D eigenvalue weighted by atomic mass is 10.0. The Morgan fingerprint density at radius 2 is 2.29 bits per heavy atom. The molecule has 0 aliphatic rings. The van der Waals surface area contributed by atoms with Crippen LogP contribution in [-0.4, -0.2) is 29.7 Å². The van der Waals surface area contributed by atoms with E-state index in [0.717, 1.165) is 18.5 Å². The normalized spacial score (nSPS) is 11.7. The van der Waals surface area contributed by atoms with Gasteiger partial charge in [0.05, 0.1) is 6.54 Å². The Bertz CT molecular complexity index is 340. The fourth-order valence-electron chi connectivity index (χ4n) is 1.59. The maximum absolute atomic E-state index is 11.3. The quantitative estimate of drug-likeness (QED) is 0.732. The molecule has 6 heteroatoms. The van der Waals surface area contributed by atoms with Crippen LogP contribution in [0.25, 0.3) is 0 Å². The molecule has 1 heterocycles. The van der Waals surface area contributed by atoms with Gasteiger partial charge in [0.25, 0.3) is 0 Å². The van der Waals surface area contributed by atoms with Crippen molar-refractivity contribution in [1.29, 1.82) is 0 Å². The van der Waals surface area contributed by atoms with Crippen LogP contribution in [0.2, 0.25) is 0 Å². The predicted octanol–water partition coefficient (Wildman–Crippen LogP) is 1.89. The highest BCUT2D eigenvalue weighted by Gasteiger charge is 2.09. The lowest BCUT2D eigenvalue weighted by molar-refractivity contribution is -0.115. The zero-order chi connectivity index (χ0) is 12.0. The van der Waals surface area contributed by atoms with Crippen LogP contribution in [0, 0.1) is 0 Å². The number of nitrogens with one attached hydrogen (secondary N) is 3. The van der Waals surface area contributed by atoms with Crippen LogP contribution in [0.4, 0.5) is 5.82 Å². The van der Waals surface area contributed by atoms with Gasteiger partial charge in [-0.1, -0.05) is 20.3 Å². The zero-order valence-corrected chi connectivity index (χ0v) is 11.4. The van der Waals surface area contributed by atoms with Gasteiger partial charge < -0.3 is 10.6 Å². The highest BCUT2D eigenvalue weighted by molar-refractivity contribution is 5.91. The predicted molar refractivity (Wildman–Crippen MR) is 71.7 cm³/mol. The highest BCUT2D eigenvalue weighted by atomic mass is 35.5. The molecule has 1 amide bonds. The van der Waals surface area contributed by atoms with Crippen LogP contribution < -0.4 is 10.6 Å². The standard InChI is InChI=1S/C11H20N4O.ClH/c1-4-5-8(2)9-6-10(15-14-9)13-11(16)7-12-3;/h6,8,12H,4-5,7H2,1-3H3,(H2,13,14,15,16);1H. The molecule has 0 spiro atoms. The minimum Gasteiger partial charge on any atom is -0.311 e. The summed E-state index contributed by atoms with van der Waals surface area (Å²) < 4.78 is 0. The Hall–Kier alpha value is -1.07. The molecule has 1 atom stereocenters. The number of aromatic amines is 1. The first-order chi connectivity index (χ1) is 7.67. The molecule has 0 fully saturated rings. The number of anilines is 1. The molecule has 1 unspecified atom stereocenters. The Labute approximate surface area is 108 Å². The molecule has 0 bridgehead atoms. The van der Waals surface area contributed by atoms with E-state index in [4.69, 9.17) is 0 Å². The van der Waals surface area contributed by atoms with Crippen molar-refractivity contribution >= 4 is 24.1 Å². The molecule has 98 valence electrons. The van der Waals surface area contributed by atoms with Gasteiger partial charge in [0.1, 0.15) is 0 Å². The molecule has 5 nitrogen and oxygen atoms in total. The third-order valence-corrected chi connectivity index (χ3v) is 2.46.